The highest BCUT2D eigenvalue weighted by Gasteiger charge is 2.70. The van der Waals surface area contributed by atoms with Crippen molar-refractivity contribution in [1.82, 2.24) is 15.5 Å². The van der Waals surface area contributed by atoms with Gasteiger partial charge in [-0.1, -0.05) is 52.8 Å². The lowest BCUT2D eigenvalue weighted by Crippen LogP contribution is -2.68. The van der Waals surface area contributed by atoms with E-state index in [9.17, 15) is 18.3 Å². The molecule has 0 bridgehead atoms. The van der Waals surface area contributed by atoms with Crippen LogP contribution in [-0.2, 0) is 9.84 Å². The number of nitrogens with zero attached hydrogens (tertiary/aromatic N) is 1. The predicted octanol–water partition coefficient (Wildman–Crippen LogP) is 7.14. The van der Waals surface area contributed by atoms with Crippen molar-refractivity contribution in [1.29, 1.82) is 0 Å². The van der Waals surface area contributed by atoms with Crippen LogP contribution in [0.15, 0.2) is 30.3 Å². The van der Waals surface area contributed by atoms with Crippen molar-refractivity contribution in [3.63, 3.8) is 0 Å². The Morgan fingerprint density at radius 2 is 1.62 bits per heavy atom. The second-order valence-corrected chi connectivity index (χ2v) is 21.3. The predicted molar refractivity (Wildman–Crippen MR) is 203 cm³/mol. The number of hydrogen-bond donors (Lipinski definition) is 3. The monoisotopic (exact) mass is 707 g/mol. The zero-order chi connectivity index (χ0) is 35.9. The Labute approximate surface area is 302 Å². The summed E-state index contributed by atoms with van der Waals surface area (Å²) >= 11 is 0. The van der Waals surface area contributed by atoms with Crippen LogP contribution in [0.4, 0.5) is 0 Å². The molecule has 7 rings (SSSR count). The third-order valence-corrected chi connectivity index (χ3v) is 18.6. The first-order chi connectivity index (χ1) is 23.5. The molecule has 0 amide bonds. The largest absolute Gasteiger partial charge is 0.478 e. The first-order valence-electron chi connectivity index (χ1n) is 19.9. The van der Waals surface area contributed by atoms with Crippen LogP contribution < -0.4 is 10.6 Å². The summed E-state index contributed by atoms with van der Waals surface area (Å²) in [6.45, 7) is 18.7. The summed E-state index contributed by atoms with van der Waals surface area (Å²) in [5.74, 6) is 3.02. The number of benzene rings is 1. The van der Waals surface area contributed by atoms with E-state index >= 15 is 0 Å². The number of sulfone groups is 1. The van der Waals surface area contributed by atoms with Crippen molar-refractivity contribution in [3.05, 3.63) is 41.5 Å². The third kappa shape index (κ3) is 5.58. The Hall–Kier alpha value is -1.74. The van der Waals surface area contributed by atoms with Crippen LogP contribution >= 0.6 is 0 Å². The fourth-order valence-corrected chi connectivity index (χ4v) is 15.3. The van der Waals surface area contributed by atoms with E-state index in [2.05, 4.69) is 70.2 Å². The molecule has 5 fully saturated rings. The molecule has 6 aliphatic rings. The van der Waals surface area contributed by atoms with Crippen molar-refractivity contribution >= 4 is 21.4 Å². The molecule has 1 aromatic rings. The Morgan fingerprint density at radius 3 is 2.28 bits per heavy atom. The summed E-state index contributed by atoms with van der Waals surface area (Å²) in [4.78, 5) is 13.9. The number of carboxylic acids is 1. The van der Waals surface area contributed by atoms with Crippen LogP contribution in [0.3, 0.4) is 0 Å². The molecule has 0 radical (unpaired) electrons. The number of rotatable bonds is 8. The van der Waals surface area contributed by atoms with Gasteiger partial charge in [-0.25, -0.2) is 13.2 Å². The Balaban J connectivity index is 1.15. The van der Waals surface area contributed by atoms with Gasteiger partial charge in [0.25, 0.3) is 0 Å². The maximum atomic E-state index is 12.0. The lowest BCUT2D eigenvalue weighted by atomic mass is 9.33. The van der Waals surface area contributed by atoms with Crippen LogP contribution in [0.5, 0.6) is 0 Å². The van der Waals surface area contributed by atoms with Gasteiger partial charge in [0.2, 0.25) is 0 Å². The van der Waals surface area contributed by atoms with E-state index in [1.807, 2.05) is 12.1 Å². The zero-order valence-electron chi connectivity index (χ0n) is 32.0. The smallest absolute Gasteiger partial charge is 0.335 e. The molecule has 10 atom stereocenters. The van der Waals surface area contributed by atoms with Crippen molar-refractivity contribution in [3.8, 4) is 0 Å². The molecule has 1 aliphatic heterocycles. The standard InChI is InChI=1S/C42H65N3O4S/c1-28(43-7)31-14-19-42(44-22-23-45-24-26-50(48,49)27-25-45)21-20-40(5)33(36(31)42)12-13-35-39(4)17-15-32(29-8-10-30(11-9-29)37(46)47)38(2,3)34(39)16-18-41(35,40)6/h8-11,15,28,31,33-36,43-44H,12-14,16-27H2,1-7H3,(H,46,47)/t28?,31-,33+,34-,35+,36+,39-,40+,41+,42-/m0/s1. The molecule has 5 aliphatic carbocycles. The highest BCUT2D eigenvalue weighted by atomic mass is 32.2. The highest BCUT2D eigenvalue weighted by Crippen LogP contribution is 2.76. The summed E-state index contributed by atoms with van der Waals surface area (Å²) in [5, 5.41) is 17.4. The van der Waals surface area contributed by atoms with Gasteiger partial charge in [-0.15, -0.1) is 0 Å². The zero-order valence-corrected chi connectivity index (χ0v) is 32.8. The van der Waals surface area contributed by atoms with Crippen LogP contribution in [0.1, 0.15) is 115 Å². The molecule has 1 saturated heterocycles. The third-order valence-electron chi connectivity index (χ3n) is 16.9. The number of nitrogens with one attached hydrogen (secondary N) is 2. The van der Waals surface area contributed by atoms with Crippen LogP contribution in [-0.4, -0.2) is 80.7 Å². The van der Waals surface area contributed by atoms with E-state index in [1.54, 1.807) is 12.1 Å². The number of carboxylic acid groups (broad SMARTS) is 1. The second-order valence-electron chi connectivity index (χ2n) is 19.0. The van der Waals surface area contributed by atoms with Gasteiger partial charge in [0.05, 0.1) is 17.1 Å². The number of hydrogen-bond acceptors (Lipinski definition) is 6. The lowest BCUT2D eigenvalue weighted by molar-refractivity contribution is -0.221. The van der Waals surface area contributed by atoms with Gasteiger partial charge in [0.15, 0.2) is 9.84 Å². The average molecular weight is 708 g/mol. The highest BCUT2D eigenvalue weighted by molar-refractivity contribution is 7.91. The van der Waals surface area contributed by atoms with Crippen LogP contribution in [0.25, 0.3) is 5.57 Å². The van der Waals surface area contributed by atoms with Gasteiger partial charge in [-0.05, 0) is 146 Å². The topological polar surface area (TPSA) is 98.7 Å². The number of allylic oxidation sites excluding steroid dienone is 2. The lowest BCUT2D eigenvalue weighted by Gasteiger charge is -2.72. The van der Waals surface area contributed by atoms with Crippen molar-refractivity contribution in [2.24, 2.45) is 51.2 Å². The van der Waals surface area contributed by atoms with Crippen molar-refractivity contribution in [2.75, 3.05) is 44.7 Å². The van der Waals surface area contributed by atoms with Crippen LogP contribution in [0.2, 0.25) is 0 Å². The molecule has 0 aromatic heterocycles. The van der Waals surface area contributed by atoms with E-state index in [-0.39, 0.29) is 27.2 Å². The van der Waals surface area contributed by atoms with Gasteiger partial charge in [0.1, 0.15) is 0 Å². The van der Waals surface area contributed by atoms with Crippen LogP contribution in [0, 0.1) is 51.2 Å². The van der Waals surface area contributed by atoms with Crippen molar-refractivity contribution < 1.29 is 18.3 Å². The fraction of sp³-hybridized carbons (Fsp3) is 0.786. The van der Waals surface area contributed by atoms with Gasteiger partial charge in [0, 0.05) is 37.8 Å². The minimum atomic E-state index is -2.86. The average Bonchev–Trinajstić information content (AvgIpc) is 3.45. The van der Waals surface area contributed by atoms with E-state index in [0.29, 0.717) is 65.8 Å². The number of aromatic carboxylic acids is 1. The summed E-state index contributed by atoms with van der Waals surface area (Å²) in [6, 6.07) is 8.09. The minimum Gasteiger partial charge on any atom is -0.478 e. The maximum absolute atomic E-state index is 12.0. The molecule has 0 spiro atoms. The number of fused-ring (bicyclic) bond motifs is 7. The molecule has 1 heterocycles. The SMILES string of the molecule is CNC(C)[C@@H]1CC[C@]2(NCCN3CCS(=O)(=O)CC3)CC[C@]3(C)[C@H](CC[C@@H]4[C@@]5(C)CC=C(c6ccc(C(=O)O)cc6)C(C)(C)[C@@H]5CC[C@]43C)[C@@H]12. The Morgan fingerprint density at radius 1 is 0.920 bits per heavy atom. The molecular formula is C42H65N3O4S. The summed E-state index contributed by atoms with van der Waals surface area (Å²) in [7, 11) is -0.710. The molecule has 4 saturated carbocycles. The minimum absolute atomic E-state index is 0.0137. The summed E-state index contributed by atoms with van der Waals surface area (Å²) in [5.41, 5.74) is 3.92. The molecule has 7 nitrogen and oxygen atoms in total. The summed E-state index contributed by atoms with van der Waals surface area (Å²) < 4.78 is 24.1. The van der Waals surface area contributed by atoms with E-state index in [0.717, 1.165) is 19.5 Å². The summed E-state index contributed by atoms with van der Waals surface area (Å²) in [6.07, 6.45) is 13.9. The quantitative estimate of drug-likeness (QED) is 0.264. The van der Waals surface area contributed by atoms with Gasteiger partial charge in [-0.2, -0.15) is 0 Å². The molecular weight excluding hydrogens is 643 g/mol. The van der Waals surface area contributed by atoms with Gasteiger partial charge in [-0.3, -0.25) is 0 Å². The molecule has 3 N–H and O–H groups in total. The first-order valence-corrected chi connectivity index (χ1v) is 21.7. The van der Waals surface area contributed by atoms with Crippen molar-refractivity contribution in [2.45, 2.75) is 111 Å². The maximum Gasteiger partial charge on any atom is 0.335 e. The first kappa shape index (κ1) is 36.6. The van der Waals surface area contributed by atoms with E-state index < -0.39 is 15.8 Å². The van der Waals surface area contributed by atoms with Gasteiger partial charge >= 0.3 is 5.97 Å². The molecule has 1 unspecified atom stereocenters. The fourth-order valence-electron chi connectivity index (χ4n) is 14.1. The van der Waals surface area contributed by atoms with E-state index in [1.165, 1.54) is 62.5 Å². The molecule has 8 heteroatoms. The normalized spacial score (nSPS) is 42.7. The molecule has 278 valence electrons. The molecule has 1 aromatic carbocycles. The Bertz CT molecular complexity index is 1590. The van der Waals surface area contributed by atoms with E-state index in [4.69, 9.17) is 0 Å². The molecule has 50 heavy (non-hydrogen) atoms. The number of carbonyl (C=O) groups is 1. The Kier molecular flexibility index (Phi) is 9.29. The van der Waals surface area contributed by atoms with Gasteiger partial charge < -0.3 is 20.6 Å². The second kappa shape index (κ2) is 12.7.